The van der Waals surface area contributed by atoms with Crippen LogP contribution in [0.15, 0.2) is 30.3 Å². The maximum Gasteiger partial charge on any atom is 0.410 e. The van der Waals surface area contributed by atoms with Crippen molar-refractivity contribution < 1.29 is 19.4 Å². The van der Waals surface area contributed by atoms with Crippen molar-refractivity contribution in [2.45, 2.75) is 38.8 Å². The van der Waals surface area contributed by atoms with Crippen LogP contribution in [0.2, 0.25) is 0 Å². The van der Waals surface area contributed by atoms with Crippen LogP contribution in [0.3, 0.4) is 0 Å². The summed E-state index contributed by atoms with van der Waals surface area (Å²) < 4.78 is 5.38. The summed E-state index contributed by atoms with van der Waals surface area (Å²) in [6.45, 7) is 5.86. The highest BCUT2D eigenvalue weighted by atomic mass is 16.6. The SMILES string of the molecule is CCN1CCC(C2CCN(C(=O)OCc3ccccc3)C2C(=O)O)CC1. The quantitative estimate of drug-likeness (QED) is 0.874. The highest BCUT2D eigenvalue weighted by Crippen LogP contribution is 2.37. The molecule has 0 aliphatic carbocycles. The number of carboxylic acid groups (broad SMARTS) is 1. The fourth-order valence-corrected chi connectivity index (χ4v) is 4.33. The zero-order valence-electron chi connectivity index (χ0n) is 15.3. The lowest BCUT2D eigenvalue weighted by atomic mass is 9.80. The Hall–Kier alpha value is -2.08. The molecular weight excluding hydrogens is 332 g/mol. The van der Waals surface area contributed by atoms with E-state index >= 15 is 0 Å². The Morgan fingerprint density at radius 3 is 2.42 bits per heavy atom. The van der Waals surface area contributed by atoms with E-state index in [0.717, 1.165) is 44.5 Å². The standard InChI is InChI=1S/C20H28N2O4/c1-2-21-11-8-16(9-12-21)17-10-13-22(18(17)19(23)24)20(25)26-14-15-6-4-3-5-7-15/h3-7,16-18H,2,8-14H2,1H3,(H,23,24). The lowest BCUT2D eigenvalue weighted by Crippen LogP contribution is -2.46. The average molecular weight is 360 g/mol. The number of benzene rings is 1. The van der Waals surface area contributed by atoms with Crippen LogP contribution in [-0.4, -0.2) is 59.2 Å². The van der Waals surface area contributed by atoms with Crippen molar-refractivity contribution in [3.8, 4) is 0 Å². The Morgan fingerprint density at radius 2 is 1.81 bits per heavy atom. The first-order chi connectivity index (χ1) is 12.6. The van der Waals surface area contributed by atoms with Gasteiger partial charge < -0.3 is 14.7 Å². The predicted molar refractivity (Wildman–Crippen MR) is 97.7 cm³/mol. The molecule has 1 aromatic carbocycles. The van der Waals surface area contributed by atoms with E-state index in [1.165, 1.54) is 4.90 Å². The molecular formula is C20H28N2O4. The first-order valence-corrected chi connectivity index (χ1v) is 9.52. The van der Waals surface area contributed by atoms with Crippen molar-refractivity contribution in [3.63, 3.8) is 0 Å². The number of likely N-dealkylation sites (tertiary alicyclic amines) is 2. The van der Waals surface area contributed by atoms with Crippen LogP contribution in [0.1, 0.15) is 31.7 Å². The summed E-state index contributed by atoms with van der Waals surface area (Å²) in [6.07, 6.45) is 2.24. The van der Waals surface area contributed by atoms with Crippen LogP contribution >= 0.6 is 0 Å². The Morgan fingerprint density at radius 1 is 1.12 bits per heavy atom. The van der Waals surface area contributed by atoms with E-state index in [-0.39, 0.29) is 12.5 Å². The minimum atomic E-state index is -0.915. The molecule has 26 heavy (non-hydrogen) atoms. The number of nitrogens with zero attached hydrogens (tertiary/aromatic N) is 2. The summed E-state index contributed by atoms with van der Waals surface area (Å²) in [6, 6.07) is 8.68. The fourth-order valence-electron chi connectivity index (χ4n) is 4.33. The number of carboxylic acids is 1. The molecule has 0 aromatic heterocycles. The molecule has 2 unspecified atom stereocenters. The summed E-state index contributed by atoms with van der Waals surface area (Å²) in [5.41, 5.74) is 0.899. The molecule has 0 bridgehead atoms. The van der Waals surface area contributed by atoms with Gasteiger partial charge in [-0.15, -0.1) is 0 Å². The number of ether oxygens (including phenoxy) is 1. The number of piperidine rings is 1. The first-order valence-electron chi connectivity index (χ1n) is 9.52. The van der Waals surface area contributed by atoms with Gasteiger partial charge in [0.15, 0.2) is 0 Å². The Labute approximate surface area is 154 Å². The molecule has 2 aliphatic rings. The summed E-state index contributed by atoms with van der Waals surface area (Å²) >= 11 is 0. The second-order valence-corrected chi connectivity index (χ2v) is 7.24. The smallest absolute Gasteiger partial charge is 0.410 e. The van der Waals surface area contributed by atoms with Crippen molar-refractivity contribution in [1.29, 1.82) is 0 Å². The van der Waals surface area contributed by atoms with E-state index in [9.17, 15) is 14.7 Å². The van der Waals surface area contributed by atoms with E-state index in [4.69, 9.17) is 4.74 Å². The van der Waals surface area contributed by atoms with Gasteiger partial charge >= 0.3 is 12.1 Å². The molecule has 2 atom stereocenters. The van der Waals surface area contributed by atoms with Gasteiger partial charge in [0, 0.05) is 6.54 Å². The molecule has 142 valence electrons. The van der Waals surface area contributed by atoms with Gasteiger partial charge in [-0.25, -0.2) is 9.59 Å². The lowest BCUT2D eigenvalue weighted by Gasteiger charge is -2.36. The van der Waals surface area contributed by atoms with Crippen LogP contribution in [0.25, 0.3) is 0 Å². The number of hydrogen-bond acceptors (Lipinski definition) is 4. The number of amides is 1. The maximum atomic E-state index is 12.5. The fraction of sp³-hybridized carbons (Fsp3) is 0.600. The first kappa shape index (κ1) is 18.7. The average Bonchev–Trinajstić information content (AvgIpc) is 3.12. The van der Waals surface area contributed by atoms with Gasteiger partial charge in [-0.3, -0.25) is 4.90 Å². The summed E-state index contributed by atoms with van der Waals surface area (Å²) in [4.78, 5) is 28.2. The van der Waals surface area contributed by atoms with E-state index in [1.54, 1.807) is 0 Å². The summed E-state index contributed by atoms with van der Waals surface area (Å²) in [5, 5.41) is 9.76. The third-order valence-corrected chi connectivity index (χ3v) is 5.82. The van der Waals surface area contributed by atoms with E-state index in [2.05, 4.69) is 11.8 Å². The zero-order valence-corrected chi connectivity index (χ0v) is 15.3. The number of carbonyl (C=O) groups is 2. The molecule has 6 heteroatoms. The van der Waals surface area contributed by atoms with Gasteiger partial charge in [0.2, 0.25) is 0 Å². The number of hydrogen-bond donors (Lipinski definition) is 1. The minimum absolute atomic E-state index is 0.0239. The molecule has 6 nitrogen and oxygen atoms in total. The van der Waals surface area contributed by atoms with Crippen LogP contribution < -0.4 is 0 Å². The molecule has 2 heterocycles. The number of aliphatic carboxylic acids is 1. The van der Waals surface area contributed by atoms with Gasteiger partial charge in [-0.1, -0.05) is 37.3 Å². The predicted octanol–water partition coefficient (Wildman–Crippen LogP) is 2.83. The third kappa shape index (κ3) is 4.18. The third-order valence-electron chi connectivity index (χ3n) is 5.82. The highest BCUT2D eigenvalue weighted by molar-refractivity contribution is 5.81. The zero-order chi connectivity index (χ0) is 18.5. The largest absolute Gasteiger partial charge is 0.480 e. The molecule has 0 radical (unpaired) electrons. The van der Waals surface area contributed by atoms with E-state index < -0.39 is 18.1 Å². The van der Waals surface area contributed by atoms with Gasteiger partial charge in [0.1, 0.15) is 12.6 Å². The van der Waals surface area contributed by atoms with Gasteiger partial charge in [0.25, 0.3) is 0 Å². The summed E-state index contributed by atoms with van der Waals surface area (Å²) in [7, 11) is 0. The van der Waals surface area contributed by atoms with Crippen molar-refractivity contribution >= 4 is 12.1 Å². The molecule has 1 amide bonds. The molecule has 0 saturated carbocycles. The monoisotopic (exact) mass is 360 g/mol. The van der Waals surface area contributed by atoms with Crippen molar-refractivity contribution in [1.82, 2.24) is 9.80 Å². The summed E-state index contributed by atoms with van der Waals surface area (Å²) in [5.74, 6) is -0.524. The Kier molecular flexibility index (Phi) is 6.14. The van der Waals surface area contributed by atoms with Crippen LogP contribution in [-0.2, 0) is 16.1 Å². The van der Waals surface area contributed by atoms with Crippen LogP contribution in [0, 0.1) is 11.8 Å². The second-order valence-electron chi connectivity index (χ2n) is 7.24. The number of rotatable bonds is 5. The molecule has 2 fully saturated rings. The van der Waals surface area contributed by atoms with Crippen molar-refractivity contribution in [2.24, 2.45) is 11.8 Å². The molecule has 1 aromatic rings. The van der Waals surface area contributed by atoms with Gasteiger partial charge in [0.05, 0.1) is 0 Å². The number of carbonyl (C=O) groups excluding carboxylic acids is 1. The lowest BCUT2D eigenvalue weighted by molar-refractivity contribution is -0.143. The Balaban J connectivity index is 1.61. The maximum absolute atomic E-state index is 12.5. The molecule has 3 rings (SSSR count). The van der Waals surface area contributed by atoms with Gasteiger partial charge in [-0.2, -0.15) is 0 Å². The second kappa shape index (κ2) is 8.54. The minimum Gasteiger partial charge on any atom is -0.480 e. The molecule has 2 aliphatic heterocycles. The van der Waals surface area contributed by atoms with E-state index in [1.807, 2.05) is 30.3 Å². The highest BCUT2D eigenvalue weighted by Gasteiger charge is 2.46. The molecule has 2 saturated heterocycles. The van der Waals surface area contributed by atoms with Gasteiger partial charge in [-0.05, 0) is 56.3 Å². The van der Waals surface area contributed by atoms with E-state index in [0.29, 0.717) is 12.5 Å². The topological polar surface area (TPSA) is 70.1 Å². The van der Waals surface area contributed by atoms with Crippen molar-refractivity contribution in [3.05, 3.63) is 35.9 Å². The van der Waals surface area contributed by atoms with Crippen LogP contribution in [0.5, 0.6) is 0 Å². The molecule has 1 N–H and O–H groups in total. The molecule has 0 spiro atoms. The Bertz CT molecular complexity index is 613. The van der Waals surface area contributed by atoms with Crippen molar-refractivity contribution in [2.75, 3.05) is 26.2 Å². The van der Waals surface area contributed by atoms with Crippen LogP contribution in [0.4, 0.5) is 4.79 Å². The normalized spacial score (nSPS) is 24.6.